The van der Waals surface area contributed by atoms with E-state index in [1.807, 2.05) is 41.4 Å². The summed E-state index contributed by atoms with van der Waals surface area (Å²) in [4.78, 5) is 17.8. The maximum Gasteiger partial charge on any atom is 0.257 e. The van der Waals surface area contributed by atoms with E-state index in [1.165, 1.54) is 24.0 Å². The van der Waals surface area contributed by atoms with Crippen LogP contribution in [0.5, 0.6) is 0 Å². The van der Waals surface area contributed by atoms with Gasteiger partial charge in [-0.15, -0.1) is 0 Å². The molecule has 2 aliphatic heterocycles. The van der Waals surface area contributed by atoms with Crippen molar-refractivity contribution in [3.05, 3.63) is 83.7 Å². The van der Waals surface area contributed by atoms with E-state index in [0.717, 1.165) is 44.8 Å². The molecule has 3 aromatic rings. The zero-order valence-corrected chi connectivity index (χ0v) is 18.2. The molecule has 5 rings (SSSR count). The van der Waals surface area contributed by atoms with Crippen LogP contribution in [0.3, 0.4) is 0 Å². The van der Waals surface area contributed by atoms with Crippen molar-refractivity contribution in [1.29, 1.82) is 0 Å². The monoisotopic (exact) mass is 414 g/mol. The minimum Gasteiger partial charge on any atom is -0.338 e. The van der Waals surface area contributed by atoms with Gasteiger partial charge in [0.2, 0.25) is 0 Å². The summed E-state index contributed by atoms with van der Waals surface area (Å²) in [6.07, 6.45) is 7.07. The lowest BCUT2D eigenvalue weighted by atomic mass is 9.79. The second kappa shape index (κ2) is 8.31. The highest BCUT2D eigenvalue weighted by atomic mass is 16.2. The van der Waals surface area contributed by atoms with Crippen LogP contribution in [-0.2, 0) is 6.54 Å². The fourth-order valence-corrected chi connectivity index (χ4v) is 5.29. The average Bonchev–Trinajstić information content (AvgIpc) is 3.42. The minimum absolute atomic E-state index is 0.106. The van der Waals surface area contributed by atoms with Crippen LogP contribution in [0, 0.1) is 12.3 Å². The van der Waals surface area contributed by atoms with Crippen LogP contribution < -0.4 is 0 Å². The van der Waals surface area contributed by atoms with Gasteiger partial charge in [-0.2, -0.15) is 5.10 Å². The van der Waals surface area contributed by atoms with Gasteiger partial charge in [0.1, 0.15) is 0 Å². The number of hydrogen-bond acceptors (Lipinski definition) is 3. The molecule has 2 fully saturated rings. The fraction of sp³-hybridized carbons (Fsp3) is 0.385. The summed E-state index contributed by atoms with van der Waals surface area (Å²) in [5.74, 6) is 0.106. The number of hydrogen-bond donors (Lipinski definition) is 0. The number of amides is 1. The average molecular weight is 415 g/mol. The first-order valence-electron chi connectivity index (χ1n) is 11.3. The molecule has 0 saturated carbocycles. The summed E-state index contributed by atoms with van der Waals surface area (Å²) in [5, 5.41) is 4.41. The largest absolute Gasteiger partial charge is 0.338 e. The van der Waals surface area contributed by atoms with Crippen LogP contribution in [0.25, 0.3) is 5.69 Å². The van der Waals surface area contributed by atoms with Crippen molar-refractivity contribution in [2.75, 3.05) is 26.2 Å². The van der Waals surface area contributed by atoms with Gasteiger partial charge < -0.3 is 4.90 Å². The highest BCUT2D eigenvalue weighted by Crippen LogP contribution is 2.39. The SMILES string of the molecule is Cc1cccc(CN2CCC[C@@]3(CCN(C(=O)c4cnn(-c5ccccc5)c4)C3)C2)c1. The normalized spacial score (nSPS) is 21.6. The number of nitrogens with zero attached hydrogens (tertiary/aromatic N) is 4. The molecule has 1 atom stereocenters. The Hall–Kier alpha value is -2.92. The number of rotatable bonds is 4. The third-order valence-corrected chi connectivity index (χ3v) is 6.80. The molecule has 5 heteroatoms. The number of para-hydroxylation sites is 1. The van der Waals surface area contributed by atoms with E-state index in [9.17, 15) is 4.79 Å². The van der Waals surface area contributed by atoms with E-state index < -0.39 is 0 Å². The van der Waals surface area contributed by atoms with Crippen molar-refractivity contribution in [2.45, 2.75) is 32.7 Å². The van der Waals surface area contributed by atoms with Crippen molar-refractivity contribution >= 4 is 5.91 Å². The minimum atomic E-state index is 0.106. The van der Waals surface area contributed by atoms with Crippen LogP contribution in [0.2, 0.25) is 0 Å². The first-order chi connectivity index (χ1) is 15.1. The molecular weight excluding hydrogens is 384 g/mol. The Morgan fingerprint density at radius 3 is 2.74 bits per heavy atom. The summed E-state index contributed by atoms with van der Waals surface area (Å²) >= 11 is 0. The number of piperidine rings is 1. The summed E-state index contributed by atoms with van der Waals surface area (Å²) in [6.45, 7) is 7.07. The molecule has 0 unspecified atom stereocenters. The number of aryl methyl sites for hydroxylation is 1. The van der Waals surface area contributed by atoms with Gasteiger partial charge in [-0.3, -0.25) is 9.69 Å². The third-order valence-electron chi connectivity index (χ3n) is 6.80. The van der Waals surface area contributed by atoms with Crippen LogP contribution in [0.1, 0.15) is 40.7 Å². The lowest BCUT2D eigenvalue weighted by molar-refractivity contribution is 0.0675. The Bertz CT molecular complexity index is 1060. The van der Waals surface area contributed by atoms with Crippen LogP contribution in [0.15, 0.2) is 67.0 Å². The summed E-state index contributed by atoms with van der Waals surface area (Å²) in [7, 11) is 0. The van der Waals surface area contributed by atoms with Crippen molar-refractivity contribution in [3.8, 4) is 5.69 Å². The van der Waals surface area contributed by atoms with Gasteiger partial charge in [0.15, 0.2) is 0 Å². The van der Waals surface area contributed by atoms with E-state index >= 15 is 0 Å². The molecule has 1 aromatic heterocycles. The van der Waals surface area contributed by atoms with Crippen LogP contribution in [0.4, 0.5) is 0 Å². The van der Waals surface area contributed by atoms with Crippen LogP contribution >= 0.6 is 0 Å². The molecule has 3 heterocycles. The zero-order valence-electron chi connectivity index (χ0n) is 18.2. The Balaban J connectivity index is 1.25. The molecule has 0 aliphatic carbocycles. The van der Waals surface area contributed by atoms with Gasteiger partial charge in [-0.25, -0.2) is 4.68 Å². The molecule has 2 aliphatic rings. The fourth-order valence-electron chi connectivity index (χ4n) is 5.29. The first-order valence-corrected chi connectivity index (χ1v) is 11.3. The molecule has 5 nitrogen and oxygen atoms in total. The van der Waals surface area contributed by atoms with Crippen LogP contribution in [-0.4, -0.2) is 51.7 Å². The Labute approximate surface area is 184 Å². The smallest absolute Gasteiger partial charge is 0.257 e. The topological polar surface area (TPSA) is 41.4 Å². The number of likely N-dealkylation sites (tertiary alicyclic amines) is 2. The van der Waals surface area contributed by atoms with E-state index in [0.29, 0.717) is 5.56 Å². The third kappa shape index (κ3) is 4.28. The van der Waals surface area contributed by atoms with Crippen molar-refractivity contribution in [1.82, 2.24) is 19.6 Å². The quantitative estimate of drug-likeness (QED) is 0.639. The Kier molecular flexibility index (Phi) is 5.36. The second-order valence-electron chi connectivity index (χ2n) is 9.29. The number of benzene rings is 2. The molecular formula is C26H30N4O. The standard InChI is InChI=1S/C26H30N4O/c1-21-7-5-8-22(15-21)17-28-13-6-11-26(19-28)12-14-29(20-26)25(31)23-16-27-30(18-23)24-9-3-2-4-10-24/h2-5,7-10,15-16,18H,6,11-14,17,19-20H2,1H3/t26-/m1/s1. The maximum absolute atomic E-state index is 13.2. The lowest BCUT2D eigenvalue weighted by Gasteiger charge is -2.40. The second-order valence-corrected chi connectivity index (χ2v) is 9.29. The zero-order chi connectivity index (χ0) is 21.3. The predicted molar refractivity (Wildman–Crippen MR) is 122 cm³/mol. The Morgan fingerprint density at radius 2 is 1.90 bits per heavy atom. The van der Waals surface area contributed by atoms with Crippen molar-refractivity contribution in [3.63, 3.8) is 0 Å². The molecule has 0 bridgehead atoms. The number of carbonyl (C=O) groups excluding carboxylic acids is 1. The highest BCUT2D eigenvalue weighted by molar-refractivity contribution is 5.94. The van der Waals surface area contributed by atoms with E-state index in [2.05, 4.69) is 41.2 Å². The number of carbonyl (C=O) groups is 1. The summed E-state index contributed by atoms with van der Waals surface area (Å²) in [5.41, 5.74) is 4.58. The number of aromatic nitrogens is 2. The highest BCUT2D eigenvalue weighted by Gasteiger charge is 2.43. The van der Waals surface area contributed by atoms with Gasteiger partial charge >= 0.3 is 0 Å². The predicted octanol–water partition coefficient (Wildman–Crippen LogP) is 4.31. The van der Waals surface area contributed by atoms with E-state index in [1.54, 1.807) is 10.9 Å². The molecule has 2 aromatic carbocycles. The maximum atomic E-state index is 13.2. The van der Waals surface area contributed by atoms with Crippen molar-refractivity contribution < 1.29 is 4.79 Å². The van der Waals surface area contributed by atoms with Gasteiger partial charge in [-0.05, 0) is 50.4 Å². The van der Waals surface area contributed by atoms with Gasteiger partial charge in [0.05, 0.1) is 17.4 Å². The molecule has 0 radical (unpaired) electrons. The van der Waals surface area contributed by atoms with Gasteiger partial charge in [0.25, 0.3) is 5.91 Å². The lowest BCUT2D eigenvalue weighted by Crippen LogP contribution is -2.45. The molecule has 2 saturated heterocycles. The molecule has 1 amide bonds. The van der Waals surface area contributed by atoms with Gasteiger partial charge in [-0.1, -0.05) is 48.0 Å². The molecule has 1 spiro atoms. The summed E-state index contributed by atoms with van der Waals surface area (Å²) in [6, 6.07) is 18.8. The molecule has 160 valence electrons. The first kappa shape index (κ1) is 20.0. The van der Waals surface area contributed by atoms with Gasteiger partial charge in [0, 0.05) is 37.8 Å². The van der Waals surface area contributed by atoms with E-state index in [-0.39, 0.29) is 11.3 Å². The molecule has 31 heavy (non-hydrogen) atoms. The van der Waals surface area contributed by atoms with E-state index in [4.69, 9.17) is 0 Å². The Morgan fingerprint density at radius 1 is 1.03 bits per heavy atom. The van der Waals surface area contributed by atoms with Crippen molar-refractivity contribution in [2.24, 2.45) is 5.41 Å². The summed E-state index contributed by atoms with van der Waals surface area (Å²) < 4.78 is 1.78. The molecule has 0 N–H and O–H groups in total.